The predicted octanol–water partition coefficient (Wildman–Crippen LogP) is 3.35. The molecule has 3 nitrogen and oxygen atoms in total. The van der Waals surface area contributed by atoms with E-state index in [9.17, 15) is 8.42 Å². The first-order chi connectivity index (χ1) is 9.35. The Morgan fingerprint density at radius 3 is 2.35 bits per heavy atom. The van der Waals surface area contributed by atoms with Crippen LogP contribution in [-0.4, -0.2) is 25.3 Å². The molecular weight excluding hydrogens is 290 g/mol. The van der Waals surface area contributed by atoms with Crippen LogP contribution in [0.3, 0.4) is 0 Å². The summed E-state index contributed by atoms with van der Waals surface area (Å²) >= 11 is 0. The Bertz CT molecular complexity index is 685. The summed E-state index contributed by atoms with van der Waals surface area (Å²) in [5.74, 6) is 0.488. The summed E-state index contributed by atoms with van der Waals surface area (Å²) in [7, 11) is -2.35. The summed E-state index contributed by atoms with van der Waals surface area (Å²) in [5, 5.41) is 0. The lowest BCUT2D eigenvalue weighted by molar-refractivity contribution is 0.631. The van der Waals surface area contributed by atoms with Crippen LogP contribution in [-0.2, 0) is 20.5 Å². The van der Waals surface area contributed by atoms with Crippen molar-refractivity contribution in [3.8, 4) is 0 Å². The zero-order chi connectivity index (χ0) is 15.0. The van der Waals surface area contributed by atoms with E-state index in [1.54, 1.807) is 7.05 Å². The third kappa shape index (κ3) is 2.27. The fourth-order valence-electron chi connectivity index (χ4n) is 2.56. The number of rotatable bonds is 2. The van der Waals surface area contributed by atoms with Crippen molar-refractivity contribution in [1.82, 2.24) is 0 Å². The van der Waals surface area contributed by atoms with Crippen LogP contribution in [0, 0.1) is 0 Å². The predicted molar refractivity (Wildman–Crippen MR) is 85.6 cm³/mol. The van der Waals surface area contributed by atoms with Gasteiger partial charge in [0.2, 0.25) is 0 Å². The van der Waals surface area contributed by atoms with Crippen molar-refractivity contribution < 1.29 is 8.42 Å². The molecule has 0 aliphatic carbocycles. The first-order valence-electron chi connectivity index (χ1n) is 6.59. The van der Waals surface area contributed by atoms with E-state index in [4.69, 9.17) is 0 Å². The minimum Gasteiger partial charge on any atom is -0.258 e. The molecule has 3 atom stereocenters. The van der Waals surface area contributed by atoms with E-state index in [-0.39, 0.29) is 0 Å². The van der Waals surface area contributed by atoms with Crippen LogP contribution in [0.2, 0.25) is 0 Å². The molecule has 5 heteroatoms. The van der Waals surface area contributed by atoms with Gasteiger partial charge in [-0.2, -0.15) is 0 Å². The third-order valence-corrected chi connectivity index (χ3v) is 9.83. The smallest absolute Gasteiger partial charge is 0.134 e. The second kappa shape index (κ2) is 5.45. The Balaban J connectivity index is 2.64. The van der Waals surface area contributed by atoms with Gasteiger partial charge < -0.3 is 0 Å². The van der Waals surface area contributed by atoms with Crippen molar-refractivity contribution in [3.63, 3.8) is 0 Å². The van der Waals surface area contributed by atoms with E-state index in [1.807, 2.05) is 51.1 Å². The molecule has 0 radical (unpaired) electrons. The number of allylic oxidation sites excluding steroid dienone is 1. The molecule has 1 aliphatic heterocycles. The summed E-state index contributed by atoms with van der Waals surface area (Å²) in [6, 6.07) is 9.22. The van der Waals surface area contributed by atoms with Gasteiger partial charge in [0.1, 0.15) is 4.08 Å². The maximum Gasteiger partial charge on any atom is 0.134 e. The molecule has 0 N–H and O–H groups in total. The zero-order valence-electron chi connectivity index (χ0n) is 12.4. The molecule has 3 unspecified atom stereocenters. The molecular formula is C15H21NO2S2. The van der Waals surface area contributed by atoms with Gasteiger partial charge in [0, 0.05) is 28.5 Å². The second-order valence-electron chi connectivity index (χ2n) is 5.38. The van der Waals surface area contributed by atoms with Crippen LogP contribution in [0.1, 0.15) is 27.2 Å². The maximum absolute atomic E-state index is 13.5. The molecule has 110 valence electrons. The van der Waals surface area contributed by atoms with Crippen molar-refractivity contribution in [2.75, 3.05) is 12.8 Å². The van der Waals surface area contributed by atoms with Crippen molar-refractivity contribution in [1.29, 1.82) is 0 Å². The van der Waals surface area contributed by atoms with Crippen LogP contribution in [0.5, 0.6) is 0 Å². The molecule has 2 rings (SSSR count). The normalized spacial score (nSPS) is 29.9. The number of nitrogens with zero attached hydrogens (tertiary/aromatic N) is 1. The zero-order valence-corrected chi connectivity index (χ0v) is 14.0. The van der Waals surface area contributed by atoms with E-state index in [0.717, 1.165) is 5.57 Å². The average molecular weight is 311 g/mol. The van der Waals surface area contributed by atoms with E-state index in [0.29, 0.717) is 17.1 Å². The highest BCUT2D eigenvalue weighted by atomic mass is 32.3. The van der Waals surface area contributed by atoms with Crippen molar-refractivity contribution in [3.05, 3.63) is 41.5 Å². The fourth-order valence-corrected chi connectivity index (χ4v) is 7.62. The van der Waals surface area contributed by atoms with E-state index in [2.05, 4.69) is 4.36 Å². The second-order valence-corrected chi connectivity index (χ2v) is 10.3. The lowest BCUT2D eigenvalue weighted by Crippen LogP contribution is -2.43. The number of hydrogen-bond donors (Lipinski definition) is 0. The highest BCUT2D eigenvalue weighted by molar-refractivity contribution is 8.08. The molecule has 0 aromatic heterocycles. The van der Waals surface area contributed by atoms with E-state index >= 15 is 0 Å². The van der Waals surface area contributed by atoms with Crippen LogP contribution in [0.25, 0.3) is 0 Å². The molecule has 1 aromatic carbocycles. The Labute approximate surface area is 124 Å². The topological polar surface area (TPSA) is 46.5 Å². The summed E-state index contributed by atoms with van der Waals surface area (Å²) in [4.78, 5) is 0.672. The fraction of sp³-hybridized carbons (Fsp3) is 0.467. The Morgan fingerprint density at radius 1 is 1.20 bits per heavy atom. The van der Waals surface area contributed by atoms with Crippen LogP contribution in [0.15, 0.2) is 50.7 Å². The van der Waals surface area contributed by atoms with Gasteiger partial charge in [-0.25, -0.2) is 8.57 Å². The number of hydrogen-bond acceptors (Lipinski definition) is 3. The molecule has 0 fully saturated rings. The van der Waals surface area contributed by atoms with Crippen molar-refractivity contribution in [2.45, 2.75) is 36.2 Å². The van der Waals surface area contributed by atoms with Gasteiger partial charge in [-0.05, 0) is 39.3 Å². The van der Waals surface area contributed by atoms with Crippen LogP contribution < -0.4 is 0 Å². The third-order valence-electron chi connectivity index (χ3n) is 4.05. The molecule has 20 heavy (non-hydrogen) atoms. The lowest BCUT2D eigenvalue weighted by Gasteiger charge is -2.36. The molecule has 0 spiro atoms. The summed E-state index contributed by atoms with van der Waals surface area (Å²) < 4.78 is 29.6. The largest absolute Gasteiger partial charge is 0.258 e. The van der Waals surface area contributed by atoms with Gasteiger partial charge in [0.15, 0.2) is 0 Å². The first kappa shape index (κ1) is 15.4. The highest BCUT2D eigenvalue weighted by Crippen LogP contribution is 2.40. The molecule has 0 bridgehead atoms. The average Bonchev–Trinajstić information content (AvgIpc) is 2.45. The molecule has 1 aromatic rings. The first-order valence-corrected chi connectivity index (χ1v) is 9.42. The molecule has 0 saturated heterocycles. The minimum absolute atomic E-state index is 0.488. The van der Waals surface area contributed by atoms with E-state index in [1.165, 1.54) is 5.57 Å². The highest BCUT2D eigenvalue weighted by Gasteiger charge is 2.45. The summed E-state index contributed by atoms with van der Waals surface area (Å²) in [5.41, 5.74) is 2.33. The molecule has 1 aliphatic rings. The summed E-state index contributed by atoms with van der Waals surface area (Å²) in [6.45, 7) is 5.88. The monoisotopic (exact) mass is 311 g/mol. The van der Waals surface area contributed by atoms with Crippen LogP contribution in [0.4, 0.5) is 0 Å². The summed E-state index contributed by atoms with van der Waals surface area (Å²) in [6.07, 6.45) is 0.566. The SMILES string of the molecule is CN=S(=O)(c1ccccc1)C1(C)CC(C)=C(C)CS1=O. The van der Waals surface area contributed by atoms with Crippen LogP contribution >= 0.6 is 0 Å². The van der Waals surface area contributed by atoms with E-state index < -0.39 is 24.6 Å². The van der Waals surface area contributed by atoms with Crippen molar-refractivity contribution >= 4 is 20.5 Å². The lowest BCUT2D eigenvalue weighted by atomic mass is 10.1. The number of benzene rings is 1. The standard InChI is InChI=1S/C15H21NO2S2/c1-12-10-15(3,19(17)11-13(12)2)20(18,16-4)14-8-6-5-7-9-14/h5-9H,10-11H2,1-4H3. The van der Waals surface area contributed by atoms with Gasteiger partial charge in [0.25, 0.3) is 0 Å². The van der Waals surface area contributed by atoms with Gasteiger partial charge >= 0.3 is 0 Å². The van der Waals surface area contributed by atoms with Gasteiger partial charge in [0.05, 0.1) is 9.73 Å². The quantitative estimate of drug-likeness (QED) is 0.786. The van der Waals surface area contributed by atoms with Gasteiger partial charge in [-0.15, -0.1) is 0 Å². The molecule has 0 saturated carbocycles. The molecule has 0 amide bonds. The molecule has 1 heterocycles. The van der Waals surface area contributed by atoms with Gasteiger partial charge in [-0.3, -0.25) is 4.21 Å². The Morgan fingerprint density at radius 2 is 1.80 bits per heavy atom. The maximum atomic E-state index is 13.5. The Kier molecular flexibility index (Phi) is 4.21. The van der Waals surface area contributed by atoms with Gasteiger partial charge in [-0.1, -0.05) is 29.3 Å². The minimum atomic E-state index is -2.72. The Hall–Kier alpha value is -0.940. The van der Waals surface area contributed by atoms with Crippen molar-refractivity contribution in [2.24, 2.45) is 4.36 Å².